The Morgan fingerprint density at radius 2 is 1.74 bits per heavy atom. The van der Waals surface area contributed by atoms with Gasteiger partial charge in [-0.05, 0) is 66.2 Å². The molecular weight excluding hydrogens is 280 g/mol. The summed E-state index contributed by atoms with van der Waals surface area (Å²) in [5.41, 5.74) is 5.65. The van der Waals surface area contributed by atoms with Crippen LogP contribution in [0.15, 0.2) is 48.5 Å². The number of aliphatic hydroxyl groups excluding tert-OH is 1. The van der Waals surface area contributed by atoms with Crippen LogP contribution in [-0.2, 0) is 12.8 Å². The Labute approximate surface area is 140 Å². The predicted molar refractivity (Wildman–Crippen MR) is 96.9 cm³/mol. The van der Waals surface area contributed by atoms with E-state index >= 15 is 0 Å². The average Bonchev–Trinajstić information content (AvgIpc) is 2.63. The largest absolute Gasteiger partial charge is 0.396 e. The second kappa shape index (κ2) is 7.79. The Balaban J connectivity index is 1.71. The average molecular weight is 308 g/mol. The van der Waals surface area contributed by atoms with Gasteiger partial charge in [-0.2, -0.15) is 0 Å². The second-order valence-electron chi connectivity index (χ2n) is 7.00. The topological polar surface area (TPSA) is 20.2 Å². The zero-order valence-corrected chi connectivity index (χ0v) is 14.2. The van der Waals surface area contributed by atoms with Crippen molar-refractivity contribution >= 4 is 0 Å². The van der Waals surface area contributed by atoms with E-state index in [0.717, 1.165) is 19.3 Å². The van der Waals surface area contributed by atoms with E-state index in [1.807, 2.05) is 0 Å². The van der Waals surface area contributed by atoms with Gasteiger partial charge in [0.25, 0.3) is 0 Å². The van der Waals surface area contributed by atoms with Crippen molar-refractivity contribution in [1.82, 2.24) is 0 Å². The minimum atomic E-state index is 0.347. The van der Waals surface area contributed by atoms with E-state index in [1.165, 1.54) is 41.5 Å². The van der Waals surface area contributed by atoms with Crippen LogP contribution in [0.3, 0.4) is 0 Å². The molecular formula is C22H28O. The van der Waals surface area contributed by atoms with Gasteiger partial charge in [0.05, 0.1) is 0 Å². The first kappa shape index (κ1) is 16.3. The van der Waals surface area contributed by atoms with E-state index in [4.69, 9.17) is 0 Å². The fourth-order valence-electron chi connectivity index (χ4n) is 3.85. The molecule has 0 saturated heterocycles. The summed E-state index contributed by atoms with van der Waals surface area (Å²) < 4.78 is 0. The van der Waals surface area contributed by atoms with Gasteiger partial charge >= 0.3 is 0 Å². The first-order chi connectivity index (χ1) is 11.3. The summed E-state index contributed by atoms with van der Waals surface area (Å²) in [6.07, 6.45) is 6.96. The van der Waals surface area contributed by atoms with Crippen molar-refractivity contribution < 1.29 is 5.11 Å². The summed E-state index contributed by atoms with van der Waals surface area (Å²) in [6.45, 7) is 2.54. The molecule has 0 spiro atoms. The van der Waals surface area contributed by atoms with Gasteiger partial charge < -0.3 is 5.11 Å². The Morgan fingerprint density at radius 3 is 2.48 bits per heavy atom. The maximum atomic E-state index is 9.45. The van der Waals surface area contributed by atoms with Crippen LogP contribution in [0.1, 0.15) is 60.8 Å². The molecule has 1 saturated carbocycles. The highest BCUT2D eigenvalue weighted by Gasteiger charge is 2.22. The number of rotatable bonds is 5. The van der Waals surface area contributed by atoms with E-state index < -0.39 is 0 Å². The molecule has 122 valence electrons. The molecule has 0 amide bonds. The van der Waals surface area contributed by atoms with E-state index in [1.54, 1.807) is 0 Å². The lowest BCUT2D eigenvalue weighted by molar-refractivity contribution is 0.180. The van der Waals surface area contributed by atoms with E-state index in [0.29, 0.717) is 18.4 Å². The van der Waals surface area contributed by atoms with Gasteiger partial charge in [0.1, 0.15) is 0 Å². The molecule has 0 bridgehead atoms. The minimum absolute atomic E-state index is 0.347. The van der Waals surface area contributed by atoms with Gasteiger partial charge in [0.15, 0.2) is 0 Å². The van der Waals surface area contributed by atoms with Crippen LogP contribution in [0.4, 0.5) is 0 Å². The van der Waals surface area contributed by atoms with E-state index in [-0.39, 0.29) is 0 Å². The number of benzene rings is 2. The molecule has 1 fully saturated rings. The van der Waals surface area contributed by atoms with Crippen molar-refractivity contribution in [2.75, 3.05) is 6.61 Å². The zero-order valence-electron chi connectivity index (χ0n) is 14.2. The maximum absolute atomic E-state index is 9.45. The van der Waals surface area contributed by atoms with Crippen LogP contribution in [0, 0.1) is 5.92 Å². The first-order valence-electron chi connectivity index (χ1n) is 9.06. The molecule has 2 unspecified atom stereocenters. The molecule has 1 aliphatic rings. The highest BCUT2D eigenvalue weighted by molar-refractivity contribution is 5.32. The standard InChI is InChI=1S/C22H28O/c1-2-17-9-11-18(12-10-17)13-19-5-3-7-21(14-19)22-8-4-6-20(15-22)16-23/h3,5,7,9-12,14,20,22-23H,2,4,6,8,13,15-16H2,1H3. The van der Waals surface area contributed by atoms with Gasteiger partial charge in [-0.25, -0.2) is 0 Å². The van der Waals surface area contributed by atoms with Crippen LogP contribution in [0.2, 0.25) is 0 Å². The van der Waals surface area contributed by atoms with Gasteiger partial charge in [0, 0.05) is 6.61 Å². The van der Waals surface area contributed by atoms with Crippen LogP contribution in [0.5, 0.6) is 0 Å². The molecule has 0 aromatic heterocycles. The Kier molecular flexibility index (Phi) is 5.51. The lowest BCUT2D eigenvalue weighted by Crippen LogP contribution is -2.17. The molecule has 1 heteroatoms. The summed E-state index contributed by atoms with van der Waals surface area (Å²) in [5, 5.41) is 9.45. The number of hydrogen-bond acceptors (Lipinski definition) is 1. The summed E-state index contributed by atoms with van der Waals surface area (Å²) in [6, 6.07) is 18.1. The van der Waals surface area contributed by atoms with Gasteiger partial charge in [-0.1, -0.05) is 61.9 Å². The van der Waals surface area contributed by atoms with Crippen LogP contribution >= 0.6 is 0 Å². The third-order valence-electron chi connectivity index (χ3n) is 5.30. The summed E-state index contributed by atoms with van der Waals surface area (Å²) in [7, 11) is 0. The van der Waals surface area contributed by atoms with Crippen molar-refractivity contribution in [3.05, 3.63) is 70.8 Å². The summed E-state index contributed by atoms with van der Waals surface area (Å²) in [4.78, 5) is 0. The van der Waals surface area contributed by atoms with Crippen molar-refractivity contribution in [1.29, 1.82) is 0 Å². The number of aryl methyl sites for hydroxylation is 1. The predicted octanol–water partition coefficient (Wildman–Crippen LogP) is 5.11. The van der Waals surface area contributed by atoms with Crippen molar-refractivity contribution in [2.45, 2.75) is 51.4 Å². The minimum Gasteiger partial charge on any atom is -0.396 e. The monoisotopic (exact) mass is 308 g/mol. The van der Waals surface area contributed by atoms with Gasteiger partial charge in [0.2, 0.25) is 0 Å². The molecule has 0 heterocycles. The lowest BCUT2D eigenvalue weighted by atomic mass is 9.78. The van der Waals surface area contributed by atoms with Gasteiger partial charge in [-0.3, -0.25) is 0 Å². The highest BCUT2D eigenvalue weighted by Crippen LogP contribution is 2.36. The quantitative estimate of drug-likeness (QED) is 0.814. The normalized spacial score (nSPS) is 21.3. The Bertz CT molecular complexity index is 614. The molecule has 0 aliphatic heterocycles. The fraction of sp³-hybridized carbons (Fsp3) is 0.455. The fourth-order valence-corrected chi connectivity index (χ4v) is 3.85. The first-order valence-corrected chi connectivity index (χ1v) is 9.06. The third kappa shape index (κ3) is 4.23. The van der Waals surface area contributed by atoms with Gasteiger partial charge in [-0.15, -0.1) is 0 Å². The molecule has 2 aromatic carbocycles. The smallest absolute Gasteiger partial charge is 0.0459 e. The van der Waals surface area contributed by atoms with E-state index in [2.05, 4.69) is 55.5 Å². The Hall–Kier alpha value is -1.60. The third-order valence-corrected chi connectivity index (χ3v) is 5.30. The molecule has 2 aromatic rings. The van der Waals surface area contributed by atoms with Crippen LogP contribution in [0.25, 0.3) is 0 Å². The van der Waals surface area contributed by atoms with Crippen LogP contribution < -0.4 is 0 Å². The summed E-state index contributed by atoms with van der Waals surface area (Å²) in [5.74, 6) is 1.13. The molecule has 3 rings (SSSR count). The maximum Gasteiger partial charge on any atom is 0.0459 e. The van der Waals surface area contributed by atoms with Crippen LogP contribution in [-0.4, -0.2) is 11.7 Å². The van der Waals surface area contributed by atoms with E-state index in [9.17, 15) is 5.11 Å². The number of aliphatic hydroxyl groups is 1. The van der Waals surface area contributed by atoms with Crippen molar-refractivity contribution in [3.8, 4) is 0 Å². The SMILES string of the molecule is CCc1ccc(Cc2cccc(C3CCCC(CO)C3)c2)cc1. The molecule has 1 nitrogen and oxygen atoms in total. The van der Waals surface area contributed by atoms with Crippen molar-refractivity contribution in [2.24, 2.45) is 5.92 Å². The highest BCUT2D eigenvalue weighted by atomic mass is 16.3. The molecule has 2 atom stereocenters. The summed E-state index contributed by atoms with van der Waals surface area (Å²) >= 11 is 0. The lowest BCUT2D eigenvalue weighted by Gasteiger charge is -2.28. The second-order valence-corrected chi connectivity index (χ2v) is 7.00. The molecule has 0 radical (unpaired) electrons. The zero-order chi connectivity index (χ0) is 16.1. The van der Waals surface area contributed by atoms with Crippen molar-refractivity contribution in [3.63, 3.8) is 0 Å². The molecule has 1 N–H and O–H groups in total. The molecule has 23 heavy (non-hydrogen) atoms. The number of hydrogen-bond donors (Lipinski definition) is 1. The Morgan fingerprint density at radius 1 is 0.957 bits per heavy atom. The molecule has 1 aliphatic carbocycles.